The molecule has 0 atom stereocenters. The predicted octanol–water partition coefficient (Wildman–Crippen LogP) is 5.97. The standard InChI is InChI=1S/C15H12Cl4O2/c1-20-14-6-12(18)4-10(7-16)15(14)21-8-9-2-3-11(17)5-13(9)19/h2-6H,7-8H2,1H3. The van der Waals surface area contributed by atoms with E-state index in [1.165, 1.54) is 0 Å². The maximum atomic E-state index is 6.13. The Morgan fingerprint density at radius 2 is 1.71 bits per heavy atom. The summed E-state index contributed by atoms with van der Waals surface area (Å²) in [5.41, 5.74) is 1.57. The number of methoxy groups -OCH3 is 1. The molecular weight excluding hydrogens is 354 g/mol. The van der Waals surface area contributed by atoms with E-state index in [0.717, 1.165) is 11.1 Å². The third-order valence-electron chi connectivity index (χ3n) is 2.85. The van der Waals surface area contributed by atoms with Gasteiger partial charge in [0, 0.05) is 32.3 Å². The van der Waals surface area contributed by atoms with Crippen LogP contribution in [-0.2, 0) is 12.5 Å². The lowest BCUT2D eigenvalue weighted by Crippen LogP contribution is -2.01. The summed E-state index contributed by atoms with van der Waals surface area (Å²) in [5.74, 6) is 1.35. The summed E-state index contributed by atoms with van der Waals surface area (Å²) in [6.45, 7) is 0.276. The van der Waals surface area contributed by atoms with Crippen LogP contribution in [-0.4, -0.2) is 7.11 Å². The molecule has 0 aliphatic carbocycles. The molecule has 2 rings (SSSR count). The van der Waals surface area contributed by atoms with Gasteiger partial charge in [-0.1, -0.05) is 40.9 Å². The Kier molecular flexibility index (Phi) is 5.88. The Hall–Kier alpha value is -0.800. The molecule has 0 spiro atoms. The summed E-state index contributed by atoms with van der Waals surface area (Å²) in [5, 5.41) is 1.66. The van der Waals surface area contributed by atoms with Crippen LogP contribution in [0.2, 0.25) is 15.1 Å². The van der Waals surface area contributed by atoms with E-state index in [-0.39, 0.29) is 12.5 Å². The van der Waals surface area contributed by atoms with Gasteiger partial charge < -0.3 is 9.47 Å². The van der Waals surface area contributed by atoms with Crippen molar-refractivity contribution in [2.45, 2.75) is 12.5 Å². The van der Waals surface area contributed by atoms with E-state index in [2.05, 4.69) is 0 Å². The van der Waals surface area contributed by atoms with Crippen molar-refractivity contribution < 1.29 is 9.47 Å². The molecule has 0 amide bonds. The number of halogens is 4. The maximum Gasteiger partial charge on any atom is 0.166 e. The molecule has 2 nitrogen and oxygen atoms in total. The minimum atomic E-state index is 0.264. The first-order valence-corrected chi connectivity index (χ1v) is 7.71. The normalized spacial score (nSPS) is 10.5. The van der Waals surface area contributed by atoms with Gasteiger partial charge in [-0.25, -0.2) is 0 Å². The van der Waals surface area contributed by atoms with Gasteiger partial charge in [0.1, 0.15) is 6.61 Å². The summed E-state index contributed by atoms with van der Waals surface area (Å²) >= 11 is 23.9. The predicted molar refractivity (Wildman–Crippen MR) is 88.4 cm³/mol. The summed E-state index contributed by atoms with van der Waals surface area (Å²) < 4.78 is 11.1. The fourth-order valence-electron chi connectivity index (χ4n) is 1.83. The van der Waals surface area contributed by atoms with Gasteiger partial charge in [0.25, 0.3) is 0 Å². The Labute approximate surface area is 143 Å². The average molecular weight is 366 g/mol. The lowest BCUT2D eigenvalue weighted by Gasteiger charge is -2.15. The molecule has 21 heavy (non-hydrogen) atoms. The molecule has 0 saturated heterocycles. The zero-order valence-corrected chi connectivity index (χ0v) is 14.2. The van der Waals surface area contributed by atoms with Crippen LogP contribution in [0, 0.1) is 0 Å². The van der Waals surface area contributed by atoms with E-state index in [4.69, 9.17) is 55.9 Å². The molecule has 0 radical (unpaired) electrons. The first-order valence-electron chi connectivity index (χ1n) is 6.04. The maximum absolute atomic E-state index is 6.13. The number of ether oxygens (including phenoxy) is 2. The average Bonchev–Trinajstić information content (AvgIpc) is 2.46. The molecule has 0 heterocycles. The minimum Gasteiger partial charge on any atom is -0.493 e. The van der Waals surface area contributed by atoms with Crippen molar-refractivity contribution in [1.29, 1.82) is 0 Å². The van der Waals surface area contributed by atoms with E-state index in [1.54, 1.807) is 31.4 Å². The first kappa shape index (κ1) is 16.6. The van der Waals surface area contributed by atoms with Gasteiger partial charge in [-0.05, 0) is 18.2 Å². The van der Waals surface area contributed by atoms with Gasteiger partial charge in [0.2, 0.25) is 0 Å². The van der Waals surface area contributed by atoms with E-state index in [9.17, 15) is 0 Å². The van der Waals surface area contributed by atoms with Gasteiger partial charge in [-0.2, -0.15) is 0 Å². The van der Waals surface area contributed by atoms with Crippen LogP contribution in [0.25, 0.3) is 0 Å². The molecule has 0 aromatic heterocycles. The van der Waals surface area contributed by atoms with Crippen molar-refractivity contribution in [3.8, 4) is 11.5 Å². The summed E-state index contributed by atoms with van der Waals surface area (Å²) in [7, 11) is 1.55. The topological polar surface area (TPSA) is 18.5 Å². The summed E-state index contributed by atoms with van der Waals surface area (Å²) in [6.07, 6.45) is 0. The zero-order chi connectivity index (χ0) is 15.4. The summed E-state index contributed by atoms with van der Waals surface area (Å²) in [6, 6.07) is 8.66. The smallest absolute Gasteiger partial charge is 0.166 e. The Balaban J connectivity index is 2.26. The van der Waals surface area contributed by atoms with Gasteiger partial charge in [-0.15, -0.1) is 11.6 Å². The van der Waals surface area contributed by atoms with Crippen LogP contribution < -0.4 is 9.47 Å². The van der Waals surface area contributed by atoms with E-state index < -0.39 is 0 Å². The molecule has 0 bridgehead atoms. The second kappa shape index (κ2) is 7.46. The number of alkyl halides is 1. The highest BCUT2D eigenvalue weighted by Crippen LogP contribution is 2.36. The fourth-order valence-corrected chi connectivity index (χ4v) is 2.72. The third kappa shape index (κ3) is 4.10. The SMILES string of the molecule is COc1cc(Cl)cc(CCl)c1OCc1ccc(Cl)cc1Cl. The quantitative estimate of drug-likeness (QED) is 0.607. The lowest BCUT2D eigenvalue weighted by molar-refractivity contribution is 0.282. The van der Waals surface area contributed by atoms with Crippen LogP contribution in [0.4, 0.5) is 0 Å². The van der Waals surface area contributed by atoms with Crippen molar-refractivity contribution in [1.82, 2.24) is 0 Å². The Morgan fingerprint density at radius 3 is 2.33 bits per heavy atom. The van der Waals surface area contributed by atoms with Crippen LogP contribution in [0.15, 0.2) is 30.3 Å². The molecule has 0 N–H and O–H groups in total. The lowest BCUT2D eigenvalue weighted by atomic mass is 10.2. The van der Waals surface area contributed by atoms with Crippen molar-refractivity contribution in [3.05, 3.63) is 56.5 Å². The van der Waals surface area contributed by atoms with Crippen molar-refractivity contribution in [2.24, 2.45) is 0 Å². The van der Waals surface area contributed by atoms with Crippen molar-refractivity contribution >= 4 is 46.4 Å². The van der Waals surface area contributed by atoms with Crippen LogP contribution in [0.5, 0.6) is 11.5 Å². The monoisotopic (exact) mass is 364 g/mol. The Morgan fingerprint density at radius 1 is 0.952 bits per heavy atom. The number of hydrogen-bond donors (Lipinski definition) is 0. The van der Waals surface area contributed by atoms with E-state index in [1.807, 2.05) is 6.07 Å². The molecule has 0 saturated carbocycles. The second-order valence-corrected chi connectivity index (χ2v) is 5.80. The molecule has 0 aliphatic heterocycles. The first-order chi connectivity index (χ1) is 10.0. The molecule has 0 unspecified atom stereocenters. The minimum absolute atomic E-state index is 0.264. The molecule has 2 aromatic rings. The summed E-state index contributed by atoms with van der Waals surface area (Å²) in [4.78, 5) is 0. The molecule has 6 heteroatoms. The van der Waals surface area contributed by atoms with Gasteiger partial charge in [0.15, 0.2) is 11.5 Å². The van der Waals surface area contributed by atoms with Crippen LogP contribution in [0.1, 0.15) is 11.1 Å². The van der Waals surface area contributed by atoms with Gasteiger partial charge >= 0.3 is 0 Å². The Bertz CT molecular complexity index is 619. The largest absolute Gasteiger partial charge is 0.493 e. The molecule has 0 aliphatic rings. The second-order valence-electron chi connectivity index (χ2n) is 4.25. The van der Waals surface area contributed by atoms with Crippen molar-refractivity contribution in [3.63, 3.8) is 0 Å². The van der Waals surface area contributed by atoms with E-state index >= 15 is 0 Å². The molecule has 0 fully saturated rings. The molecule has 2 aromatic carbocycles. The van der Waals surface area contributed by atoms with Crippen molar-refractivity contribution in [2.75, 3.05) is 7.11 Å². The molecular formula is C15H12Cl4O2. The fraction of sp³-hybridized carbons (Fsp3) is 0.200. The highest BCUT2D eigenvalue weighted by molar-refractivity contribution is 6.35. The highest BCUT2D eigenvalue weighted by atomic mass is 35.5. The van der Waals surface area contributed by atoms with Crippen LogP contribution in [0.3, 0.4) is 0 Å². The zero-order valence-electron chi connectivity index (χ0n) is 11.1. The van der Waals surface area contributed by atoms with Gasteiger partial charge in [-0.3, -0.25) is 0 Å². The number of rotatable bonds is 5. The highest BCUT2D eigenvalue weighted by Gasteiger charge is 2.13. The van der Waals surface area contributed by atoms with Crippen LogP contribution >= 0.6 is 46.4 Å². The van der Waals surface area contributed by atoms with E-state index in [0.29, 0.717) is 26.6 Å². The molecule has 112 valence electrons. The van der Waals surface area contributed by atoms with Gasteiger partial charge in [0.05, 0.1) is 13.0 Å². The number of benzene rings is 2. The number of hydrogen-bond acceptors (Lipinski definition) is 2. The third-order valence-corrected chi connectivity index (χ3v) is 3.94.